The molecule has 2 N–H and O–H groups in total. The summed E-state index contributed by atoms with van der Waals surface area (Å²) in [5.74, 6) is 0.717. The molecule has 98 valence electrons. The van der Waals surface area contributed by atoms with E-state index in [0.29, 0.717) is 0 Å². The number of hydrogen-bond acceptors (Lipinski definition) is 4. The Hall–Kier alpha value is -2.43. The highest BCUT2D eigenvalue weighted by molar-refractivity contribution is 5.88. The Morgan fingerprint density at radius 1 is 1.21 bits per heavy atom. The van der Waals surface area contributed by atoms with Crippen molar-refractivity contribution in [3.63, 3.8) is 0 Å². The van der Waals surface area contributed by atoms with Crippen LogP contribution in [0.5, 0.6) is 0 Å². The van der Waals surface area contributed by atoms with E-state index in [1.165, 1.54) is 12.5 Å². The highest BCUT2D eigenvalue weighted by Crippen LogP contribution is 2.10. The van der Waals surface area contributed by atoms with Crippen molar-refractivity contribution in [2.45, 2.75) is 13.3 Å². The van der Waals surface area contributed by atoms with Crippen LogP contribution < -0.4 is 10.6 Å². The van der Waals surface area contributed by atoms with Gasteiger partial charge in [-0.25, -0.2) is 4.98 Å². The molecule has 0 unspecified atom stereocenters. The highest BCUT2D eigenvalue weighted by Gasteiger charge is 1.97. The number of amides is 1. The lowest BCUT2D eigenvalue weighted by molar-refractivity contribution is -0.114. The van der Waals surface area contributed by atoms with E-state index in [-0.39, 0.29) is 5.91 Å². The number of nitrogens with zero attached hydrogens (tertiary/aromatic N) is 2. The SMILES string of the molecule is CC(=O)Nc1ccc(CCNc2cnccn2)cc1. The number of hydrogen-bond donors (Lipinski definition) is 2. The fourth-order valence-corrected chi connectivity index (χ4v) is 1.68. The molecule has 0 bridgehead atoms. The second kappa shape index (κ2) is 6.49. The van der Waals surface area contributed by atoms with E-state index in [0.717, 1.165) is 24.5 Å². The summed E-state index contributed by atoms with van der Waals surface area (Å²) >= 11 is 0. The predicted molar refractivity (Wildman–Crippen MR) is 75.0 cm³/mol. The van der Waals surface area contributed by atoms with Gasteiger partial charge in [-0.05, 0) is 24.1 Å². The molecule has 0 atom stereocenters. The maximum absolute atomic E-state index is 10.9. The molecule has 0 saturated carbocycles. The molecule has 1 heterocycles. The summed E-state index contributed by atoms with van der Waals surface area (Å²) in [5, 5.41) is 5.94. The van der Waals surface area contributed by atoms with Crippen LogP contribution in [0.3, 0.4) is 0 Å². The first-order valence-corrected chi connectivity index (χ1v) is 6.10. The number of benzene rings is 1. The fraction of sp³-hybridized carbons (Fsp3) is 0.214. The number of anilines is 2. The van der Waals surface area contributed by atoms with E-state index < -0.39 is 0 Å². The van der Waals surface area contributed by atoms with E-state index in [1.807, 2.05) is 24.3 Å². The summed E-state index contributed by atoms with van der Waals surface area (Å²) in [4.78, 5) is 19.0. The summed E-state index contributed by atoms with van der Waals surface area (Å²) in [7, 11) is 0. The van der Waals surface area contributed by atoms with E-state index in [1.54, 1.807) is 18.6 Å². The quantitative estimate of drug-likeness (QED) is 0.859. The molecule has 5 heteroatoms. The minimum absolute atomic E-state index is 0.0583. The van der Waals surface area contributed by atoms with Gasteiger partial charge in [0.05, 0.1) is 6.20 Å². The third kappa shape index (κ3) is 4.39. The number of nitrogens with one attached hydrogen (secondary N) is 2. The molecule has 0 fully saturated rings. The number of carbonyl (C=O) groups excluding carboxylic acids is 1. The van der Waals surface area contributed by atoms with Crippen LogP contribution in [0.15, 0.2) is 42.9 Å². The van der Waals surface area contributed by atoms with Crippen molar-refractivity contribution in [1.29, 1.82) is 0 Å². The minimum atomic E-state index is -0.0583. The van der Waals surface area contributed by atoms with E-state index in [4.69, 9.17) is 0 Å². The highest BCUT2D eigenvalue weighted by atomic mass is 16.1. The van der Waals surface area contributed by atoms with Gasteiger partial charge in [-0.1, -0.05) is 12.1 Å². The van der Waals surface area contributed by atoms with Crippen molar-refractivity contribution in [1.82, 2.24) is 9.97 Å². The number of rotatable bonds is 5. The molecule has 0 spiro atoms. The number of carbonyl (C=O) groups is 1. The summed E-state index contributed by atoms with van der Waals surface area (Å²) in [6, 6.07) is 7.81. The first-order valence-electron chi connectivity index (χ1n) is 6.10. The maximum atomic E-state index is 10.9. The van der Waals surface area contributed by atoms with Crippen molar-refractivity contribution in [2.24, 2.45) is 0 Å². The van der Waals surface area contributed by atoms with Gasteiger partial charge in [0.1, 0.15) is 5.82 Å². The minimum Gasteiger partial charge on any atom is -0.368 e. The van der Waals surface area contributed by atoms with Crippen molar-refractivity contribution < 1.29 is 4.79 Å². The van der Waals surface area contributed by atoms with Gasteiger partial charge in [0.25, 0.3) is 0 Å². The van der Waals surface area contributed by atoms with Gasteiger partial charge in [-0.2, -0.15) is 0 Å². The lowest BCUT2D eigenvalue weighted by Crippen LogP contribution is -2.07. The first kappa shape index (κ1) is 13.0. The molecular weight excluding hydrogens is 240 g/mol. The standard InChI is InChI=1S/C14H16N4O/c1-11(19)18-13-4-2-12(3-5-13)6-7-16-14-10-15-8-9-17-14/h2-5,8-10H,6-7H2,1H3,(H,16,17)(H,18,19). The Morgan fingerprint density at radius 3 is 2.63 bits per heavy atom. The Bertz CT molecular complexity index is 525. The van der Waals surface area contributed by atoms with Gasteiger partial charge in [0.15, 0.2) is 0 Å². The summed E-state index contributed by atoms with van der Waals surface area (Å²) in [5.41, 5.74) is 2.02. The summed E-state index contributed by atoms with van der Waals surface area (Å²) in [6.07, 6.45) is 5.88. The van der Waals surface area contributed by atoms with E-state index in [2.05, 4.69) is 20.6 Å². The monoisotopic (exact) mass is 256 g/mol. The van der Waals surface area contributed by atoms with Crippen LogP contribution in [0.4, 0.5) is 11.5 Å². The molecule has 0 saturated heterocycles. The molecule has 2 rings (SSSR count). The van der Waals surface area contributed by atoms with Crippen LogP contribution in [0.25, 0.3) is 0 Å². The second-order valence-corrected chi connectivity index (χ2v) is 4.15. The van der Waals surface area contributed by atoms with Crippen LogP contribution in [0.2, 0.25) is 0 Å². The first-order chi connectivity index (χ1) is 9.24. The molecule has 0 radical (unpaired) electrons. The van der Waals surface area contributed by atoms with Crippen LogP contribution in [0, 0.1) is 0 Å². The smallest absolute Gasteiger partial charge is 0.221 e. The molecule has 1 aromatic carbocycles. The predicted octanol–water partition coefficient (Wildman–Crippen LogP) is 2.09. The molecular formula is C14H16N4O. The van der Waals surface area contributed by atoms with Gasteiger partial charge < -0.3 is 10.6 Å². The molecule has 0 aliphatic rings. The lowest BCUT2D eigenvalue weighted by atomic mass is 10.1. The van der Waals surface area contributed by atoms with Crippen LogP contribution in [0.1, 0.15) is 12.5 Å². The van der Waals surface area contributed by atoms with Gasteiger partial charge >= 0.3 is 0 Å². The Kier molecular flexibility index (Phi) is 4.44. The third-order valence-electron chi connectivity index (χ3n) is 2.56. The van der Waals surface area contributed by atoms with Gasteiger partial charge in [-0.3, -0.25) is 9.78 Å². The zero-order valence-electron chi connectivity index (χ0n) is 10.8. The second-order valence-electron chi connectivity index (χ2n) is 4.15. The van der Waals surface area contributed by atoms with Gasteiger partial charge in [0, 0.05) is 31.5 Å². The zero-order valence-corrected chi connectivity index (χ0v) is 10.8. The molecule has 0 aliphatic heterocycles. The Balaban J connectivity index is 1.81. The summed E-state index contributed by atoms with van der Waals surface area (Å²) < 4.78 is 0. The summed E-state index contributed by atoms with van der Waals surface area (Å²) in [6.45, 7) is 2.29. The van der Waals surface area contributed by atoms with Crippen molar-refractivity contribution in [3.8, 4) is 0 Å². The third-order valence-corrected chi connectivity index (χ3v) is 2.56. The Morgan fingerprint density at radius 2 is 2.00 bits per heavy atom. The molecule has 0 aliphatic carbocycles. The topological polar surface area (TPSA) is 66.9 Å². The van der Waals surface area contributed by atoms with E-state index >= 15 is 0 Å². The van der Waals surface area contributed by atoms with Crippen molar-refractivity contribution in [2.75, 3.05) is 17.2 Å². The van der Waals surface area contributed by atoms with Crippen LogP contribution >= 0.6 is 0 Å². The lowest BCUT2D eigenvalue weighted by Gasteiger charge is -2.06. The van der Waals surface area contributed by atoms with Crippen LogP contribution in [-0.2, 0) is 11.2 Å². The molecule has 1 aromatic heterocycles. The number of aromatic nitrogens is 2. The molecule has 19 heavy (non-hydrogen) atoms. The van der Waals surface area contributed by atoms with Crippen molar-refractivity contribution >= 4 is 17.4 Å². The van der Waals surface area contributed by atoms with Gasteiger partial charge in [-0.15, -0.1) is 0 Å². The molecule has 1 amide bonds. The zero-order chi connectivity index (χ0) is 13.5. The average molecular weight is 256 g/mol. The molecule has 2 aromatic rings. The van der Waals surface area contributed by atoms with Crippen LogP contribution in [-0.4, -0.2) is 22.4 Å². The Labute approximate surface area is 112 Å². The molecule has 5 nitrogen and oxygen atoms in total. The van der Waals surface area contributed by atoms with E-state index in [9.17, 15) is 4.79 Å². The normalized spacial score (nSPS) is 9.95. The fourth-order valence-electron chi connectivity index (χ4n) is 1.68. The largest absolute Gasteiger partial charge is 0.368 e. The average Bonchev–Trinajstić information content (AvgIpc) is 2.41. The van der Waals surface area contributed by atoms with Crippen molar-refractivity contribution in [3.05, 3.63) is 48.4 Å². The van der Waals surface area contributed by atoms with Gasteiger partial charge in [0.2, 0.25) is 5.91 Å². The maximum Gasteiger partial charge on any atom is 0.221 e.